The summed E-state index contributed by atoms with van der Waals surface area (Å²) in [7, 11) is 0. The van der Waals surface area contributed by atoms with Gasteiger partial charge < -0.3 is 10.2 Å². The standard InChI is InChI=1S/C37H33N3S/c1-2-9-26(10-3-1)38-24-25-17-20-28(21-18-25)40-33-14-6-4-12-30(33)37-32(13-8-15-34(37)40)39-27-19-22-36-31(23-27)29-11-5-7-16-35(29)41-36/h1-4,6,8-14,16-17,20,23-24,34,39H,5,7,15,18-19,21-22H2. The number of anilines is 1. The quantitative estimate of drug-likeness (QED) is 0.332. The van der Waals surface area contributed by atoms with Gasteiger partial charge in [-0.05, 0) is 97.7 Å². The zero-order valence-corrected chi connectivity index (χ0v) is 24.0. The molecule has 0 radical (unpaired) electrons. The lowest BCUT2D eigenvalue weighted by Gasteiger charge is -2.33. The molecule has 41 heavy (non-hydrogen) atoms. The van der Waals surface area contributed by atoms with Gasteiger partial charge in [-0.3, -0.25) is 4.99 Å². The number of para-hydroxylation sites is 2. The van der Waals surface area contributed by atoms with Crippen molar-refractivity contribution in [2.45, 2.75) is 51.0 Å². The molecule has 1 aliphatic heterocycles. The lowest BCUT2D eigenvalue weighted by atomic mass is 9.92. The minimum Gasteiger partial charge on any atom is -0.359 e. The molecule has 0 spiro atoms. The Balaban J connectivity index is 1.12. The van der Waals surface area contributed by atoms with E-state index in [1.54, 1.807) is 4.88 Å². The molecule has 0 fully saturated rings. The van der Waals surface area contributed by atoms with Crippen LogP contribution in [-0.4, -0.2) is 12.3 Å². The van der Waals surface area contributed by atoms with E-state index in [1.807, 2.05) is 47.9 Å². The molecule has 202 valence electrons. The van der Waals surface area contributed by atoms with E-state index in [0.29, 0.717) is 6.04 Å². The summed E-state index contributed by atoms with van der Waals surface area (Å²) >= 11 is 2.00. The number of nitrogens with one attached hydrogen (secondary N) is 1. The van der Waals surface area contributed by atoms with Crippen LogP contribution < -0.4 is 20.0 Å². The summed E-state index contributed by atoms with van der Waals surface area (Å²) in [6.45, 7) is 0. The van der Waals surface area contributed by atoms with Gasteiger partial charge in [0.25, 0.3) is 0 Å². The fourth-order valence-corrected chi connectivity index (χ4v) is 8.12. The molecule has 1 N–H and O–H groups in total. The van der Waals surface area contributed by atoms with Crippen LogP contribution in [0.25, 0.3) is 23.8 Å². The predicted molar refractivity (Wildman–Crippen MR) is 175 cm³/mol. The molecule has 1 unspecified atom stereocenters. The van der Waals surface area contributed by atoms with Crippen LogP contribution in [0.3, 0.4) is 0 Å². The maximum atomic E-state index is 4.68. The van der Waals surface area contributed by atoms with Gasteiger partial charge in [0, 0.05) is 49.5 Å². The number of aryl methyl sites for hydroxylation is 1. The van der Waals surface area contributed by atoms with Gasteiger partial charge in [0.05, 0.1) is 11.7 Å². The minimum atomic E-state index is 0.315. The third kappa shape index (κ3) is 4.47. The molecule has 1 aromatic heterocycles. The molecule has 1 atom stereocenters. The Morgan fingerprint density at radius 1 is 0.902 bits per heavy atom. The number of hydrogen-bond donors (Lipinski definition) is 1. The van der Waals surface area contributed by atoms with E-state index in [9.17, 15) is 0 Å². The highest BCUT2D eigenvalue weighted by molar-refractivity contribution is 7.10. The predicted octanol–water partition coefficient (Wildman–Crippen LogP) is 7.55. The van der Waals surface area contributed by atoms with E-state index < -0.39 is 0 Å². The summed E-state index contributed by atoms with van der Waals surface area (Å²) in [4.78, 5) is 8.84. The zero-order valence-electron chi connectivity index (χ0n) is 23.1. The lowest BCUT2D eigenvalue weighted by molar-refractivity contribution is 0.739. The topological polar surface area (TPSA) is 27.6 Å². The molecule has 8 rings (SSSR count). The Morgan fingerprint density at radius 2 is 1.78 bits per heavy atom. The van der Waals surface area contributed by atoms with E-state index in [0.717, 1.165) is 44.2 Å². The van der Waals surface area contributed by atoms with Gasteiger partial charge in [-0.15, -0.1) is 11.3 Å². The SMILES string of the molecule is C1=CC(NC2=Cc3c(sc4c3=CCCC=4)CC2)=C2c3ccccc3N(C3=CC=C(C=Nc4ccccc4)CC3)C2C1. The van der Waals surface area contributed by atoms with Crippen molar-refractivity contribution in [3.63, 3.8) is 0 Å². The Bertz CT molecular complexity index is 1840. The molecule has 0 amide bonds. The van der Waals surface area contributed by atoms with Crippen LogP contribution in [0.15, 0.2) is 107 Å². The van der Waals surface area contributed by atoms with Crippen LogP contribution in [0.1, 0.15) is 54.5 Å². The minimum absolute atomic E-state index is 0.315. The van der Waals surface area contributed by atoms with Crippen LogP contribution in [0.4, 0.5) is 11.4 Å². The number of fused-ring (bicyclic) bond motifs is 6. The number of aliphatic imine (C=N–C) groups is 1. The van der Waals surface area contributed by atoms with Crippen LogP contribution in [0.2, 0.25) is 0 Å². The van der Waals surface area contributed by atoms with Crippen molar-refractivity contribution in [3.8, 4) is 0 Å². The van der Waals surface area contributed by atoms with E-state index >= 15 is 0 Å². The summed E-state index contributed by atoms with van der Waals surface area (Å²) in [5, 5.41) is 5.40. The fraction of sp³-hybridized carbons (Fsp3) is 0.216. The first kappa shape index (κ1) is 24.6. The maximum Gasteiger partial charge on any atom is 0.0650 e. The molecule has 0 bridgehead atoms. The molecular formula is C37H33N3S. The molecule has 2 heterocycles. The number of benzene rings is 2. The van der Waals surface area contributed by atoms with E-state index in [1.165, 1.54) is 61.2 Å². The van der Waals surface area contributed by atoms with Gasteiger partial charge in [-0.1, -0.05) is 60.7 Å². The van der Waals surface area contributed by atoms with Gasteiger partial charge in [0.15, 0.2) is 0 Å². The van der Waals surface area contributed by atoms with Crippen LogP contribution in [0, 0.1) is 0 Å². The Labute approximate surface area is 245 Å². The smallest absolute Gasteiger partial charge is 0.0650 e. The second-order valence-electron chi connectivity index (χ2n) is 11.4. The Hall–Kier alpha value is -4.15. The summed E-state index contributed by atoms with van der Waals surface area (Å²) in [6.07, 6.45) is 26.1. The molecule has 0 saturated carbocycles. The zero-order chi connectivity index (χ0) is 27.2. The van der Waals surface area contributed by atoms with Crippen LogP contribution in [-0.2, 0) is 6.42 Å². The van der Waals surface area contributed by atoms with Crippen molar-refractivity contribution in [2.24, 2.45) is 4.99 Å². The van der Waals surface area contributed by atoms with Gasteiger partial charge in [-0.25, -0.2) is 0 Å². The van der Waals surface area contributed by atoms with Crippen molar-refractivity contribution in [3.05, 3.63) is 127 Å². The molecular weight excluding hydrogens is 518 g/mol. The van der Waals surface area contributed by atoms with Crippen molar-refractivity contribution in [2.75, 3.05) is 4.90 Å². The van der Waals surface area contributed by atoms with Crippen molar-refractivity contribution < 1.29 is 0 Å². The first-order valence-electron chi connectivity index (χ1n) is 14.9. The number of hydrogen-bond acceptors (Lipinski definition) is 4. The van der Waals surface area contributed by atoms with E-state index in [4.69, 9.17) is 0 Å². The van der Waals surface area contributed by atoms with E-state index in [-0.39, 0.29) is 0 Å². The summed E-state index contributed by atoms with van der Waals surface area (Å²) in [5.41, 5.74) is 11.8. The van der Waals surface area contributed by atoms with Gasteiger partial charge in [-0.2, -0.15) is 0 Å². The van der Waals surface area contributed by atoms with Gasteiger partial charge >= 0.3 is 0 Å². The van der Waals surface area contributed by atoms with Crippen molar-refractivity contribution in [1.29, 1.82) is 0 Å². The molecule has 4 aliphatic carbocycles. The third-order valence-corrected chi connectivity index (χ3v) is 10.1. The highest BCUT2D eigenvalue weighted by atomic mass is 32.1. The van der Waals surface area contributed by atoms with Crippen LogP contribution >= 0.6 is 11.3 Å². The molecule has 4 heteroatoms. The molecule has 2 aromatic carbocycles. The number of nitrogens with zero attached hydrogens (tertiary/aromatic N) is 2. The fourth-order valence-electron chi connectivity index (χ4n) is 6.87. The molecule has 0 saturated heterocycles. The van der Waals surface area contributed by atoms with Gasteiger partial charge in [0.1, 0.15) is 0 Å². The van der Waals surface area contributed by atoms with Crippen LogP contribution in [0.5, 0.6) is 0 Å². The summed E-state index contributed by atoms with van der Waals surface area (Å²) in [6, 6.07) is 19.5. The second-order valence-corrected chi connectivity index (χ2v) is 12.5. The molecule has 3 aromatic rings. The molecule has 5 aliphatic rings. The lowest BCUT2D eigenvalue weighted by Crippen LogP contribution is -2.33. The highest BCUT2D eigenvalue weighted by Crippen LogP contribution is 2.48. The number of allylic oxidation sites excluding steroid dienone is 6. The number of rotatable bonds is 5. The number of thiophene rings is 1. The maximum absolute atomic E-state index is 4.68. The summed E-state index contributed by atoms with van der Waals surface area (Å²) in [5.74, 6) is 0. The average Bonchev–Trinajstić information content (AvgIpc) is 3.57. The van der Waals surface area contributed by atoms with Gasteiger partial charge in [0.2, 0.25) is 0 Å². The summed E-state index contributed by atoms with van der Waals surface area (Å²) < 4.78 is 1.48. The Kier molecular flexibility index (Phi) is 6.22. The first-order chi connectivity index (χ1) is 20.3. The van der Waals surface area contributed by atoms with E-state index in [2.05, 4.69) is 82.0 Å². The molecule has 3 nitrogen and oxygen atoms in total. The first-order valence-corrected chi connectivity index (χ1v) is 15.7. The monoisotopic (exact) mass is 551 g/mol. The highest BCUT2D eigenvalue weighted by Gasteiger charge is 2.38. The average molecular weight is 552 g/mol. The third-order valence-electron chi connectivity index (χ3n) is 8.81. The normalized spacial score (nSPS) is 20.7. The van der Waals surface area contributed by atoms with Crippen molar-refractivity contribution in [1.82, 2.24) is 5.32 Å². The Morgan fingerprint density at radius 3 is 2.68 bits per heavy atom. The van der Waals surface area contributed by atoms with Crippen molar-refractivity contribution >= 4 is 52.7 Å². The second kappa shape index (κ2) is 10.4. The largest absolute Gasteiger partial charge is 0.359 e.